The Bertz CT molecular complexity index is 467. The third kappa shape index (κ3) is 4.68. The van der Waals surface area contributed by atoms with Gasteiger partial charge in [-0.2, -0.15) is 0 Å². The van der Waals surface area contributed by atoms with Gasteiger partial charge >= 0.3 is 0 Å². The molecule has 1 aliphatic rings. The first-order chi connectivity index (χ1) is 10.2. The van der Waals surface area contributed by atoms with Crippen LogP contribution in [0.3, 0.4) is 0 Å². The van der Waals surface area contributed by atoms with Crippen LogP contribution in [0.4, 0.5) is 5.69 Å². The van der Waals surface area contributed by atoms with Gasteiger partial charge in [-0.05, 0) is 19.5 Å². The van der Waals surface area contributed by atoms with Crippen molar-refractivity contribution in [1.29, 1.82) is 0 Å². The molecule has 1 aromatic rings. The summed E-state index contributed by atoms with van der Waals surface area (Å²) in [6.45, 7) is 5.94. The van der Waals surface area contributed by atoms with E-state index in [1.54, 1.807) is 18.5 Å². The maximum Gasteiger partial charge on any atom is 0.253 e. The molecule has 1 fully saturated rings. The summed E-state index contributed by atoms with van der Waals surface area (Å²) >= 11 is 0. The summed E-state index contributed by atoms with van der Waals surface area (Å²) in [5, 5.41) is 6.17. The molecule has 0 aromatic carbocycles. The van der Waals surface area contributed by atoms with Crippen molar-refractivity contribution in [2.75, 3.05) is 45.2 Å². The molecule has 2 rings (SSSR count). The van der Waals surface area contributed by atoms with Crippen molar-refractivity contribution >= 4 is 11.6 Å². The van der Waals surface area contributed by atoms with E-state index in [-0.39, 0.29) is 12.0 Å². The van der Waals surface area contributed by atoms with Crippen molar-refractivity contribution in [3.63, 3.8) is 0 Å². The summed E-state index contributed by atoms with van der Waals surface area (Å²) in [6.07, 6.45) is 4.38. The molecular formula is C15H24N4O2. The van der Waals surface area contributed by atoms with Gasteiger partial charge < -0.3 is 20.3 Å². The van der Waals surface area contributed by atoms with E-state index in [1.807, 2.05) is 0 Å². The number of anilines is 1. The minimum Gasteiger partial charge on any atom is -0.383 e. The zero-order chi connectivity index (χ0) is 15.1. The van der Waals surface area contributed by atoms with Crippen molar-refractivity contribution in [3.8, 4) is 0 Å². The molecule has 1 aliphatic heterocycles. The van der Waals surface area contributed by atoms with Gasteiger partial charge in [0, 0.05) is 32.4 Å². The Morgan fingerprint density at radius 2 is 2.43 bits per heavy atom. The lowest BCUT2D eigenvalue weighted by Gasteiger charge is -2.30. The number of pyridine rings is 1. The van der Waals surface area contributed by atoms with Crippen molar-refractivity contribution in [3.05, 3.63) is 24.0 Å². The van der Waals surface area contributed by atoms with E-state index in [2.05, 4.69) is 34.5 Å². The highest BCUT2D eigenvalue weighted by atomic mass is 16.5. The predicted molar refractivity (Wildman–Crippen MR) is 82.6 cm³/mol. The summed E-state index contributed by atoms with van der Waals surface area (Å²) in [5.74, 6) is -0.0900. The number of nitrogens with one attached hydrogen (secondary N) is 2. The molecule has 1 unspecified atom stereocenters. The lowest BCUT2D eigenvalue weighted by atomic mass is 10.2. The molecular weight excluding hydrogens is 268 g/mol. The Morgan fingerprint density at radius 3 is 3.19 bits per heavy atom. The molecule has 2 N–H and O–H groups in total. The number of carbonyl (C=O) groups excluding carboxylic acids is 1. The molecule has 6 heteroatoms. The number of nitrogens with zero attached hydrogens (tertiary/aromatic N) is 2. The van der Waals surface area contributed by atoms with E-state index in [1.165, 1.54) is 0 Å². The molecule has 0 bridgehead atoms. The quantitative estimate of drug-likeness (QED) is 0.817. The average molecular weight is 292 g/mol. The van der Waals surface area contributed by atoms with Gasteiger partial charge in [0.05, 0.1) is 30.2 Å². The van der Waals surface area contributed by atoms with Crippen LogP contribution in [0.2, 0.25) is 0 Å². The number of morpholine rings is 1. The standard InChI is InChI=1S/C15H24N4O2/c1-3-5-17-14-10-16-6-4-13(14)15(20)18-9-12-11-19(2)7-8-21-12/h4,6,10,12,17H,3,5,7-9,11H2,1-2H3,(H,18,20). The molecule has 1 saturated heterocycles. The number of amides is 1. The number of carbonyl (C=O) groups is 1. The van der Waals surface area contributed by atoms with Crippen LogP contribution in [0.1, 0.15) is 23.7 Å². The number of rotatable bonds is 6. The van der Waals surface area contributed by atoms with Crippen LogP contribution in [0, 0.1) is 0 Å². The monoisotopic (exact) mass is 292 g/mol. The van der Waals surface area contributed by atoms with Crippen LogP contribution in [0.5, 0.6) is 0 Å². The average Bonchev–Trinajstić information content (AvgIpc) is 2.51. The van der Waals surface area contributed by atoms with E-state index >= 15 is 0 Å². The highest BCUT2D eigenvalue weighted by Crippen LogP contribution is 2.13. The van der Waals surface area contributed by atoms with E-state index in [0.717, 1.165) is 38.3 Å². The Balaban J connectivity index is 1.90. The van der Waals surface area contributed by atoms with Gasteiger partial charge in [-0.25, -0.2) is 0 Å². The minimum absolute atomic E-state index is 0.0570. The van der Waals surface area contributed by atoms with Crippen LogP contribution in [-0.4, -0.2) is 61.7 Å². The smallest absolute Gasteiger partial charge is 0.253 e. The van der Waals surface area contributed by atoms with Gasteiger partial charge in [0.25, 0.3) is 5.91 Å². The number of hydrogen-bond acceptors (Lipinski definition) is 5. The summed E-state index contributed by atoms with van der Waals surface area (Å²) in [4.78, 5) is 18.6. The molecule has 1 aromatic heterocycles. The van der Waals surface area contributed by atoms with Gasteiger partial charge in [0.2, 0.25) is 0 Å². The first-order valence-corrected chi connectivity index (χ1v) is 7.47. The fourth-order valence-electron chi connectivity index (χ4n) is 2.29. The number of likely N-dealkylation sites (N-methyl/N-ethyl adjacent to an activating group) is 1. The van der Waals surface area contributed by atoms with E-state index in [9.17, 15) is 4.79 Å². The summed E-state index contributed by atoms with van der Waals surface area (Å²) in [6, 6.07) is 1.74. The number of aromatic nitrogens is 1. The van der Waals surface area contributed by atoms with Crippen molar-refractivity contribution < 1.29 is 9.53 Å². The molecule has 1 amide bonds. The molecule has 2 heterocycles. The second-order valence-electron chi connectivity index (χ2n) is 5.31. The van der Waals surface area contributed by atoms with Crippen molar-refractivity contribution in [2.45, 2.75) is 19.4 Å². The second kappa shape index (κ2) is 7.95. The molecule has 0 spiro atoms. The number of hydrogen-bond donors (Lipinski definition) is 2. The maximum absolute atomic E-state index is 12.3. The van der Waals surface area contributed by atoms with Crippen molar-refractivity contribution in [1.82, 2.24) is 15.2 Å². The Kier molecular flexibility index (Phi) is 5.95. The van der Waals surface area contributed by atoms with Gasteiger partial charge in [-0.3, -0.25) is 9.78 Å². The van der Waals surface area contributed by atoms with Crippen molar-refractivity contribution in [2.24, 2.45) is 0 Å². The van der Waals surface area contributed by atoms with Crippen LogP contribution in [-0.2, 0) is 4.74 Å². The first-order valence-electron chi connectivity index (χ1n) is 7.47. The zero-order valence-electron chi connectivity index (χ0n) is 12.8. The van der Waals surface area contributed by atoms with Crippen LogP contribution < -0.4 is 10.6 Å². The summed E-state index contributed by atoms with van der Waals surface area (Å²) in [7, 11) is 2.06. The van der Waals surface area contributed by atoms with Gasteiger partial charge in [-0.15, -0.1) is 0 Å². The fourth-order valence-corrected chi connectivity index (χ4v) is 2.29. The van der Waals surface area contributed by atoms with E-state index < -0.39 is 0 Å². The lowest BCUT2D eigenvalue weighted by molar-refractivity contribution is -0.0174. The Hall–Kier alpha value is -1.66. The van der Waals surface area contributed by atoms with Gasteiger partial charge in [0.15, 0.2) is 0 Å². The largest absolute Gasteiger partial charge is 0.383 e. The highest BCUT2D eigenvalue weighted by Gasteiger charge is 2.19. The fraction of sp³-hybridized carbons (Fsp3) is 0.600. The van der Waals surface area contributed by atoms with Gasteiger partial charge in [0.1, 0.15) is 0 Å². The summed E-state index contributed by atoms with van der Waals surface area (Å²) in [5.41, 5.74) is 1.40. The first kappa shape index (κ1) is 15.7. The molecule has 0 aliphatic carbocycles. The van der Waals surface area contributed by atoms with Gasteiger partial charge in [-0.1, -0.05) is 6.92 Å². The minimum atomic E-state index is -0.0900. The normalized spacial score (nSPS) is 19.2. The Morgan fingerprint density at radius 1 is 1.57 bits per heavy atom. The number of ether oxygens (including phenoxy) is 1. The summed E-state index contributed by atoms with van der Waals surface area (Å²) < 4.78 is 5.65. The van der Waals surface area contributed by atoms with E-state index in [0.29, 0.717) is 12.1 Å². The second-order valence-corrected chi connectivity index (χ2v) is 5.31. The van der Waals surface area contributed by atoms with Crippen LogP contribution >= 0.6 is 0 Å². The molecule has 116 valence electrons. The molecule has 0 radical (unpaired) electrons. The third-order valence-corrected chi connectivity index (χ3v) is 3.46. The third-order valence-electron chi connectivity index (χ3n) is 3.46. The molecule has 21 heavy (non-hydrogen) atoms. The Labute approximate surface area is 125 Å². The maximum atomic E-state index is 12.3. The predicted octanol–water partition coefficient (Wildman–Crippen LogP) is 0.964. The molecule has 1 atom stereocenters. The molecule has 6 nitrogen and oxygen atoms in total. The lowest BCUT2D eigenvalue weighted by Crippen LogP contribution is -2.46. The topological polar surface area (TPSA) is 66.5 Å². The van der Waals surface area contributed by atoms with Crippen LogP contribution in [0.25, 0.3) is 0 Å². The van der Waals surface area contributed by atoms with Crippen LogP contribution in [0.15, 0.2) is 18.5 Å². The molecule has 0 saturated carbocycles. The highest BCUT2D eigenvalue weighted by molar-refractivity contribution is 5.99. The SMILES string of the molecule is CCCNc1cnccc1C(=O)NCC1CN(C)CCO1. The van der Waals surface area contributed by atoms with E-state index in [4.69, 9.17) is 4.74 Å². The zero-order valence-corrected chi connectivity index (χ0v) is 12.8.